The van der Waals surface area contributed by atoms with Crippen molar-refractivity contribution in [3.8, 4) is 11.5 Å². The van der Waals surface area contributed by atoms with E-state index in [0.717, 1.165) is 0 Å². The Morgan fingerprint density at radius 1 is 1.00 bits per heavy atom. The molecule has 0 radical (unpaired) electrons. The zero-order chi connectivity index (χ0) is 17.7. The van der Waals surface area contributed by atoms with Crippen LogP contribution in [0.25, 0.3) is 0 Å². The highest BCUT2D eigenvalue weighted by Crippen LogP contribution is 2.25. The summed E-state index contributed by atoms with van der Waals surface area (Å²) in [5.41, 5.74) is 0.440. The van der Waals surface area contributed by atoms with Crippen molar-refractivity contribution < 1.29 is 28.2 Å². The summed E-state index contributed by atoms with van der Waals surface area (Å²) >= 11 is 0. The van der Waals surface area contributed by atoms with Crippen LogP contribution in [0.2, 0.25) is 0 Å². The molecule has 0 spiro atoms. The fourth-order valence-electron chi connectivity index (χ4n) is 2.09. The van der Waals surface area contributed by atoms with Gasteiger partial charge in [-0.15, -0.1) is 0 Å². The number of carbonyl (C=O) groups is 2. The van der Waals surface area contributed by atoms with Crippen molar-refractivity contribution in [2.45, 2.75) is 13.0 Å². The van der Waals surface area contributed by atoms with Crippen LogP contribution >= 0.6 is 0 Å². The van der Waals surface area contributed by atoms with Gasteiger partial charge in [0.25, 0.3) is 0 Å². The SMILES string of the molecule is COc1ccc(C(=O)OC(C)C(=O)c2ccc(F)cc2)c(OC)c1. The standard InChI is InChI=1S/C18H17FO5/c1-11(17(20)12-4-6-13(19)7-5-12)24-18(21)15-9-8-14(22-2)10-16(15)23-3/h4-11H,1-3H3. The highest BCUT2D eigenvalue weighted by molar-refractivity contribution is 6.01. The van der Waals surface area contributed by atoms with Crippen LogP contribution in [-0.4, -0.2) is 32.1 Å². The molecule has 126 valence electrons. The molecule has 1 atom stereocenters. The molecule has 0 bridgehead atoms. The predicted octanol–water partition coefficient (Wildman–Crippen LogP) is 3.27. The van der Waals surface area contributed by atoms with Gasteiger partial charge < -0.3 is 14.2 Å². The smallest absolute Gasteiger partial charge is 0.342 e. The minimum Gasteiger partial charge on any atom is -0.497 e. The second-order valence-corrected chi connectivity index (χ2v) is 4.98. The van der Waals surface area contributed by atoms with Crippen LogP contribution in [0.3, 0.4) is 0 Å². The molecule has 0 amide bonds. The molecule has 0 aliphatic rings. The van der Waals surface area contributed by atoms with Crippen molar-refractivity contribution in [2.75, 3.05) is 14.2 Å². The van der Waals surface area contributed by atoms with E-state index in [1.807, 2.05) is 0 Å². The van der Waals surface area contributed by atoms with Crippen molar-refractivity contribution in [1.29, 1.82) is 0 Å². The summed E-state index contributed by atoms with van der Waals surface area (Å²) in [5.74, 6) is -0.757. The molecule has 1 unspecified atom stereocenters. The van der Waals surface area contributed by atoms with Gasteiger partial charge in [0.2, 0.25) is 5.78 Å². The first-order valence-electron chi connectivity index (χ1n) is 7.19. The maximum Gasteiger partial charge on any atom is 0.342 e. The van der Waals surface area contributed by atoms with E-state index in [0.29, 0.717) is 5.75 Å². The molecular formula is C18H17FO5. The number of hydrogen-bond acceptors (Lipinski definition) is 5. The van der Waals surface area contributed by atoms with Crippen LogP contribution in [0.5, 0.6) is 11.5 Å². The number of ether oxygens (including phenoxy) is 3. The highest BCUT2D eigenvalue weighted by atomic mass is 19.1. The van der Waals surface area contributed by atoms with E-state index in [2.05, 4.69) is 0 Å². The Kier molecular flexibility index (Phi) is 5.52. The number of Topliss-reactive ketones (excluding diaryl/α,β-unsaturated/α-hetero) is 1. The molecule has 0 saturated heterocycles. The third-order valence-corrected chi connectivity index (χ3v) is 3.41. The molecule has 0 heterocycles. The Hall–Kier alpha value is -2.89. The molecule has 5 nitrogen and oxygen atoms in total. The molecule has 2 aromatic rings. The fourth-order valence-corrected chi connectivity index (χ4v) is 2.09. The lowest BCUT2D eigenvalue weighted by Crippen LogP contribution is -2.24. The molecule has 6 heteroatoms. The van der Waals surface area contributed by atoms with Crippen molar-refractivity contribution >= 4 is 11.8 Å². The van der Waals surface area contributed by atoms with E-state index >= 15 is 0 Å². The lowest BCUT2D eigenvalue weighted by Gasteiger charge is -2.14. The first-order valence-corrected chi connectivity index (χ1v) is 7.19. The van der Waals surface area contributed by atoms with Gasteiger partial charge in [0.15, 0.2) is 6.10 Å². The maximum atomic E-state index is 12.9. The van der Waals surface area contributed by atoms with E-state index in [-0.39, 0.29) is 16.9 Å². The van der Waals surface area contributed by atoms with Crippen molar-refractivity contribution in [1.82, 2.24) is 0 Å². The molecule has 0 fully saturated rings. The second kappa shape index (κ2) is 7.59. The first-order chi connectivity index (χ1) is 11.5. The molecule has 0 saturated carbocycles. The summed E-state index contributed by atoms with van der Waals surface area (Å²) in [7, 11) is 2.91. The largest absolute Gasteiger partial charge is 0.497 e. The quantitative estimate of drug-likeness (QED) is 0.600. The number of benzene rings is 2. The number of methoxy groups -OCH3 is 2. The maximum absolute atomic E-state index is 12.9. The Morgan fingerprint density at radius 2 is 1.67 bits per heavy atom. The summed E-state index contributed by atoms with van der Waals surface area (Å²) in [6, 6.07) is 9.66. The van der Waals surface area contributed by atoms with Crippen LogP contribution in [0.1, 0.15) is 27.6 Å². The van der Waals surface area contributed by atoms with Crippen LogP contribution in [0.15, 0.2) is 42.5 Å². The van der Waals surface area contributed by atoms with Gasteiger partial charge in [-0.05, 0) is 43.3 Å². The Bertz CT molecular complexity index is 740. The van der Waals surface area contributed by atoms with Crippen LogP contribution < -0.4 is 9.47 Å². The zero-order valence-corrected chi connectivity index (χ0v) is 13.5. The Morgan fingerprint density at radius 3 is 2.25 bits per heavy atom. The van der Waals surface area contributed by atoms with Crippen LogP contribution in [0, 0.1) is 5.82 Å². The number of halogens is 1. The summed E-state index contributed by atoms with van der Waals surface area (Å²) < 4.78 is 28.3. The molecule has 2 aromatic carbocycles. The summed E-state index contributed by atoms with van der Waals surface area (Å²) in [6.45, 7) is 1.46. The summed E-state index contributed by atoms with van der Waals surface area (Å²) in [5, 5.41) is 0. The van der Waals surface area contributed by atoms with Gasteiger partial charge in [0.1, 0.15) is 22.9 Å². The second-order valence-electron chi connectivity index (χ2n) is 4.98. The minimum atomic E-state index is -1.02. The van der Waals surface area contributed by atoms with E-state index in [9.17, 15) is 14.0 Å². The molecule has 24 heavy (non-hydrogen) atoms. The fraction of sp³-hybridized carbons (Fsp3) is 0.222. The zero-order valence-electron chi connectivity index (χ0n) is 13.5. The molecule has 0 aliphatic heterocycles. The van der Waals surface area contributed by atoms with E-state index in [1.165, 1.54) is 51.5 Å². The van der Waals surface area contributed by atoms with Gasteiger partial charge in [0, 0.05) is 11.6 Å². The number of rotatable bonds is 6. The normalized spacial score (nSPS) is 11.5. The van der Waals surface area contributed by atoms with Gasteiger partial charge in [0.05, 0.1) is 14.2 Å². The monoisotopic (exact) mass is 332 g/mol. The molecule has 0 aromatic heterocycles. The Labute approximate surface area is 139 Å². The van der Waals surface area contributed by atoms with Crippen molar-refractivity contribution in [2.24, 2.45) is 0 Å². The van der Waals surface area contributed by atoms with Crippen molar-refractivity contribution in [3.63, 3.8) is 0 Å². The number of esters is 1. The van der Waals surface area contributed by atoms with Gasteiger partial charge >= 0.3 is 5.97 Å². The number of ketones is 1. The van der Waals surface area contributed by atoms with Gasteiger partial charge in [-0.2, -0.15) is 0 Å². The topological polar surface area (TPSA) is 61.8 Å². The summed E-state index contributed by atoms with van der Waals surface area (Å²) in [4.78, 5) is 24.5. The molecule has 2 rings (SSSR count). The third kappa shape index (κ3) is 3.90. The van der Waals surface area contributed by atoms with E-state index in [4.69, 9.17) is 14.2 Å². The summed E-state index contributed by atoms with van der Waals surface area (Å²) in [6.07, 6.45) is -1.02. The number of carbonyl (C=O) groups excluding carboxylic acids is 2. The van der Waals surface area contributed by atoms with Crippen LogP contribution in [-0.2, 0) is 4.74 Å². The molecule has 0 aliphatic carbocycles. The Balaban J connectivity index is 2.14. The lowest BCUT2D eigenvalue weighted by atomic mass is 10.1. The molecular weight excluding hydrogens is 315 g/mol. The molecule has 0 N–H and O–H groups in total. The highest BCUT2D eigenvalue weighted by Gasteiger charge is 2.22. The van der Waals surface area contributed by atoms with Crippen molar-refractivity contribution in [3.05, 3.63) is 59.4 Å². The van der Waals surface area contributed by atoms with E-state index in [1.54, 1.807) is 12.1 Å². The third-order valence-electron chi connectivity index (χ3n) is 3.41. The van der Waals surface area contributed by atoms with Gasteiger partial charge in [-0.25, -0.2) is 9.18 Å². The van der Waals surface area contributed by atoms with Gasteiger partial charge in [-0.3, -0.25) is 4.79 Å². The van der Waals surface area contributed by atoms with Crippen LogP contribution in [0.4, 0.5) is 4.39 Å². The van der Waals surface area contributed by atoms with Gasteiger partial charge in [-0.1, -0.05) is 0 Å². The minimum absolute atomic E-state index is 0.178. The average Bonchev–Trinajstić information content (AvgIpc) is 2.60. The first kappa shape index (κ1) is 17.5. The average molecular weight is 332 g/mol. The lowest BCUT2D eigenvalue weighted by molar-refractivity contribution is 0.0316. The predicted molar refractivity (Wildman–Crippen MR) is 85.2 cm³/mol. The number of hydrogen-bond donors (Lipinski definition) is 0. The van der Waals surface area contributed by atoms with E-state index < -0.39 is 23.7 Å².